The molecule has 2 aliphatic heterocycles. The lowest BCUT2D eigenvalue weighted by molar-refractivity contribution is 0.129. The van der Waals surface area contributed by atoms with Crippen molar-refractivity contribution in [2.45, 2.75) is 26.3 Å². The highest BCUT2D eigenvalue weighted by molar-refractivity contribution is 7.10. The van der Waals surface area contributed by atoms with Gasteiger partial charge in [0.25, 0.3) is 0 Å². The van der Waals surface area contributed by atoms with E-state index in [0.717, 1.165) is 11.8 Å². The molecule has 2 nitrogen and oxygen atoms in total. The van der Waals surface area contributed by atoms with Crippen LogP contribution in [0.3, 0.4) is 0 Å². The highest BCUT2D eigenvalue weighted by atomic mass is 32.1. The third-order valence-electron chi connectivity index (χ3n) is 4.54. The Morgan fingerprint density at radius 2 is 2.35 bits per heavy atom. The lowest BCUT2D eigenvalue weighted by atomic mass is 9.87. The van der Waals surface area contributed by atoms with E-state index in [1.807, 2.05) is 11.3 Å². The molecule has 3 rings (SSSR count). The maximum absolute atomic E-state index is 3.39. The van der Waals surface area contributed by atoms with Gasteiger partial charge in [-0.2, -0.15) is 0 Å². The SMILES string of the molecule is CC(CN1CCc2sccc2C1C)C1CNC1. The third kappa shape index (κ3) is 2.16. The smallest absolute Gasteiger partial charge is 0.0331 e. The molecule has 2 unspecified atom stereocenters. The van der Waals surface area contributed by atoms with Gasteiger partial charge in [-0.15, -0.1) is 11.3 Å². The second kappa shape index (κ2) is 4.71. The first kappa shape index (κ1) is 11.7. The first-order valence-corrected chi connectivity index (χ1v) is 7.64. The molecule has 1 saturated heterocycles. The number of fused-ring (bicyclic) bond motifs is 1. The Labute approximate surface area is 108 Å². The van der Waals surface area contributed by atoms with E-state index in [1.54, 1.807) is 10.4 Å². The molecule has 1 aromatic heterocycles. The van der Waals surface area contributed by atoms with Gasteiger partial charge in [-0.3, -0.25) is 4.90 Å². The molecule has 3 heteroatoms. The fraction of sp³-hybridized carbons (Fsp3) is 0.714. The van der Waals surface area contributed by atoms with Crippen molar-refractivity contribution < 1.29 is 0 Å². The molecule has 0 radical (unpaired) electrons. The minimum Gasteiger partial charge on any atom is -0.316 e. The summed E-state index contributed by atoms with van der Waals surface area (Å²) in [4.78, 5) is 4.30. The summed E-state index contributed by atoms with van der Waals surface area (Å²) in [7, 11) is 0. The number of hydrogen-bond donors (Lipinski definition) is 1. The summed E-state index contributed by atoms with van der Waals surface area (Å²) in [5.41, 5.74) is 1.58. The fourth-order valence-corrected chi connectivity index (χ4v) is 4.01. The van der Waals surface area contributed by atoms with Crippen LogP contribution in [0, 0.1) is 11.8 Å². The van der Waals surface area contributed by atoms with E-state index in [1.165, 1.54) is 32.6 Å². The molecule has 0 aliphatic carbocycles. The van der Waals surface area contributed by atoms with Crippen molar-refractivity contribution in [2.75, 3.05) is 26.2 Å². The Morgan fingerprint density at radius 3 is 3.06 bits per heavy atom. The van der Waals surface area contributed by atoms with Crippen LogP contribution in [-0.2, 0) is 6.42 Å². The highest BCUT2D eigenvalue weighted by Gasteiger charge is 2.29. The van der Waals surface area contributed by atoms with Crippen molar-refractivity contribution in [3.63, 3.8) is 0 Å². The number of nitrogens with zero attached hydrogens (tertiary/aromatic N) is 1. The molecule has 0 aromatic carbocycles. The lowest BCUT2D eigenvalue weighted by Crippen LogP contribution is -2.49. The molecule has 2 aliphatic rings. The molecule has 0 amide bonds. The average Bonchev–Trinajstić information content (AvgIpc) is 2.68. The predicted octanol–water partition coefficient (Wildman–Crippen LogP) is 2.52. The zero-order chi connectivity index (χ0) is 11.8. The van der Waals surface area contributed by atoms with E-state index < -0.39 is 0 Å². The van der Waals surface area contributed by atoms with Crippen LogP contribution in [0.1, 0.15) is 30.3 Å². The van der Waals surface area contributed by atoms with Crippen LogP contribution >= 0.6 is 11.3 Å². The lowest BCUT2D eigenvalue weighted by Gasteiger charge is -2.39. The normalized spacial score (nSPS) is 27.5. The highest BCUT2D eigenvalue weighted by Crippen LogP contribution is 2.33. The summed E-state index contributed by atoms with van der Waals surface area (Å²) >= 11 is 1.94. The molecule has 2 atom stereocenters. The zero-order valence-electron chi connectivity index (χ0n) is 10.8. The summed E-state index contributed by atoms with van der Waals surface area (Å²) in [6.07, 6.45) is 1.26. The van der Waals surface area contributed by atoms with E-state index in [0.29, 0.717) is 6.04 Å². The summed E-state index contributed by atoms with van der Waals surface area (Å²) in [6.45, 7) is 9.76. The maximum atomic E-state index is 3.39. The van der Waals surface area contributed by atoms with Gasteiger partial charge in [0.05, 0.1) is 0 Å². The maximum Gasteiger partial charge on any atom is 0.0331 e. The van der Waals surface area contributed by atoms with Gasteiger partial charge < -0.3 is 5.32 Å². The minimum absolute atomic E-state index is 0.625. The van der Waals surface area contributed by atoms with Gasteiger partial charge in [-0.25, -0.2) is 0 Å². The second-order valence-electron chi connectivity index (χ2n) is 5.62. The van der Waals surface area contributed by atoms with Crippen LogP contribution in [-0.4, -0.2) is 31.1 Å². The Hall–Kier alpha value is -0.380. The predicted molar refractivity (Wildman–Crippen MR) is 73.5 cm³/mol. The summed E-state index contributed by atoms with van der Waals surface area (Å²) in [6, 6.07) is 2.95. The number of thiophene rings is 1. The van der Waals surface area contributed by atoms with Crippen LogP contribution in [0.5, 0.6) is 0 Å². The van der Waals surface area contributed by atoms with Crippen LogP contribution in [0.15, 0.2) is 11.4 Å². The first-order valence-electron chi connectivity index (χ1n) is 6.76. The summed E-state index contributed by atoms with van der Waals surface area (Å²) in [5, 5.41) is 5.64. The van der Waals surface area contributed by atoms with Crippen molar-refractivity contribution in [3.8, 4) is 0 Å². The van der Waals surface area contributed by atoms with E-state index in [-0.39, 0.29) is 0 Å². The monoisotopic (exact) mass is 250 g/mol. The Morgan fingerprint density at radius 1 is 1.53 bits per heavy atom. The van der Waals surface area contributed by atoms with E-state index in [2.05, 4.69) is 35.5 Å². The molecule has 17 heavy (non-hydrogen) atoms. The number of rotatable bonds is 3. The minimum atomic E-state index is 0.625. The molecular weight excluding hydrogens is 228 g/mol. The topological polar surface area (TPSA) is 15.3 Å². The van der Waals surface area contributed by atoms with Gasteiger partial charge in [-0.1, -0.05) is 6.92 Å². The van der Waals surface area contributed by atoms with Crippen molar-refractivity contribution in [2.24, 2.45) is 11.8 Å². The molecular formula is C14H22N2S. The van der Waals surface area contributed by atoms with Gasteiger partial charge >= 0.3 is 0 Å². The first-order chi connectivity index (χ1) is 8.25. The Bertz CT molecular complexity index is 383. The van der Waals surface area contributed by atoms with Crippen LogP contribution in [0.2, 0.25) is 0 Å². The number of hydrogen-bond acceptors (Lipinski definition) is 3. The van der Waals surface area contributed by atoms with E-state index in [4.69, 9.17) is 0 Å². The molecule has 0 spiro atoms. The number of nitrogens with one attached hydrogen (secondary N) is 1. The molecule has 1 aromatic rings. The van der Waals surface area contributed by atoms with Crippen LogP contribution in [0.4, 0.5) is 0 Å². The molecule has 94 valence electrons. The fourth-order valence-electron chi connectivity index (χ4n) is 3.04. The molecule has 0 saturated carbocycles. The van der Waals surface area contributed by atoms with E-state index in [9.17, 15) is 0 Å². The summed E-state index contributed by atoms with van der Waals surface area (Å²) < 4.78 is 0. The molecule has 0 bridgehead atoms. The Kier molecular flexibility index (Phi) is 3.24. The molecule has 1 fully saturated rings. The largest absolute Gasteiger partial charge is 0.316 e. The van der Waals surface area contributed by atoms with Crippen LogP contribution < -0.4 is 5.32 Å². The van der Waals surface area contributed by atoms with Gasteiger partial charge in [0.1, 0.15) is 0 Å². The Balaban J connectivity index is 1.65. The molecule has 1 N–H and O–H groups in total. The van der Waals surface area contributed by atoms with Gasteiger partial charge in [0.2, 0.25) is 0 Å². The van der Waals surface area contributed by atoms with Gasteiger partial charge in [0.15, 0.2) is 0 Å². The van der Waals surface area contributed by atoms with Crippen molar-refractivity contribution in [1.82, 2.24) is 10.2 Å². The van der Waals surface area contributed by atoms with Gasteiger partial charge in [-0.05, 0) is 55.3 Å². The van der Waals surface area contributed by atoms with Gasteiger partial charge in [0, 0.05) is 24.0 Å². The quantitative estimate of drug-likeness (QED) is 0.887. The zero-order valence-corrected chi connectivity index (χ0v) is 11.6. The van der Waals surface area contributed by atoms with Crippen molar-refractivity contribution in [1.29, 1.82) is 0 Å². The van der Waals surface area contributed by atoms with Crippen LogP contribution in [0.25, 0.3) is 0 Å². The standard InChI is InChI=1S/C14H22N2S/c1-10(12-7-15-8-12)9-16-5-3-14-13(11(16)2)4-6-17-14/h4,6,10-12,15H,3,5,7-9H2,1-2H3. The van der Waals surface area contributed by atoms with Crippen molar-refractivity contribution in [3.05, 3.63) is 21.9 Å². The average molecular weight is 250 g/mol. The molecule has 3 heterocycles. The van der Waals surface area contributed by atoms with Crippen molar-refractivity contribution >= 4 is 11.3 Å². The summed E-state index contributed by atoms with van der Waals surface area (Å²) in [5.74, 6) is 1.74. The third-order valence-corrected chi connectivity index (χ3v) is 5.54. The van der Waals surface area contributed by atoms with E-state index >= 15 is 0 Å². The second-order valence-corrected chi connectivity index (χ2v) is 6.62.